The van der Waals surface area contributed by atoms with Crippen LogP contribution in [0, 0.1) is 13.8 Å². The number of hydrogen-bond acceptors (Lipinski definition) is 3. The predicted molar refractivity (Wildman–Crippen MR) is 74.0 cm³/mol. The van der Waals surface area contributed by atoms with Crippen LogP contribution in [0.2, 0.25) is 0 Å². The van der Waals surface area contributed by atoms with Gasteiger partial charge in [-0.2, -0.15) is 0 Å². The Bertz CT molecular complexity index is 465. The van der Waals surface area contributed by atoms with E-state index in [9.17, 15) is 9.59 Å². The Morgan fingerprint density at radius 3 is 2.32 bits per heavy atom. The van der Waals surface area contributed by atoms with Crippen LogP contribution in [0.15, 0.2) is 12.1 Å². The summed E-state index contributed by atoms with van der Waals surface area (Å²) in [5.41, 5.74) is 2.24. The lowest BCUT2D eigenvalue weighted by atomic mass is 10.1. The van der Waals surface area contributed by atoms with E-state index >= 15 is 0 Å². The van der Waals surface area contributed by atoms with Gasteiger partial charge < -0.3 is 10.2 Å². The Balaban J connectivity index is 2.84. The summed E-state index contributed by atoms with van der Waals surface area (Å²) >= 11 is 0. The maximum absolute atomic E-state index is 12.3. The Hall–Kier alpha value is -1.91. The SMILES string of the molecule is CNC(=O)C[C@H](C)N(C)C(=O)c1cc(C)nc(C)c1. The van der Waals surface area contributed by atoms with E-state index in [1.54, 1.807) is 31.1 Å². The van der Waals surface area contributed by atoms with Crippen molar-refractivity contribution in [2.45, 2.75) is 33.2 Å². The maximum Gasteiger partial charge on any atom is 0.253 e. The van der Waals surface area contributed by atoms with Crippen molar-refractivity contribution in [1.29, 1.82) is 0 Å². The molecule has 0 saturated carbocycles. The first kappa shape index (κ1) is 15.1. The number of pyridine rings is 1. The Labute approximate surface area is 114 Å². The molecule has 1 atom stereocenters. The molecule has 0 spiro atoms. The lowest BCUT2D eigenvalue weighted by Crippen LogP contribution is -2.38. The summed E-state index contributed by atoms with van der Waals surface area (Å²) in [6.45, 7) is 5.57. The van der Waals surface area contributed by atoms with Gasteiger partial charge in [0.1, 0.15) is 0 Å². The smallest absolute Gasteiger partial charge is 0.253 e. The van der Waals surface area contributed by atoms with Crippen LogP contribution in [0.5, 0.6) is 0 Å². The van der Waals surface area contributed by atoms with Crippen molar-refractivity contribution in [2.75, 3.05) is 14.1 Å². The second-order valence-electron chi connectivity index (χ2n) is 4.78. The van der Waals surface area contributed by atoms with Gasteiger partial charge >= 0.3 is 0 Å². The third-order valence-electron chi connectivity index (χ3n) is 3.07. The van der Waals surface area contributed by atoms with Crippen LogP contribution in [0.4, 0.5) is 0 Å². The number of carbonyl (C=O) groups excluding carboxylic acids is 2. The molecule has 0 aliphatic carbocycles. The Kier molecular flexibility index (Phi) is 5.03. The van der Waals surface area contributed by atoms with Gasteiger partial charge in [0.15, 0.2) is 0 Å². The average Bonchev–Trinajstić information content (AvgIpc) is 2.35. The molecule has 104 valence electrons. The molecule has 0 fully saturated rings. The van der Waals surface area contributed by atoms with Crippen LogP contribution >= 0.6 is 0 Å². The van der Waals surface area contributed by atoms with E-state index in [1.807, 2.05) is 20.8 Å². The van der Waals surface area contributed by atoms with E-state index in [0.717, 1.165) is 11.4 Å². The van der Waals surface area contributed by atoms with Crippen molar-refractivity contribution in [3.63, 3.8) is 0 Å². The van der Waals surface area contributed by atoms with E-state index in [1.165, 1.54) is 0 Å². The molecular formula is C14H21N3O2. The zero-order chi connectivity index (χ0) is 14.6. The van der Waals surface area contributed by atoms with Gasteiger partial charge in [-0.3, -0.25) is 14.6 Å². The molecule has 1 aromatic rings. The molecule has 0 bridgehead atoms. The molecule has 19 heavy (non-hydrogen) atoms. The van der Waals surface area contributed by atoms with Crippen molar-refractivity contribution in [3.05, 3.63) is 29.1 Å². The van der Waals surface area contributed by atoms with Gasteiger partial charge in [0, 0.05) is 43.5 Å². The van der Waals surface area contributed by atoms with Crippen LogP contribution in [0.1, 0.15) is 35.1 Å². The fourth-order valence-corrected chi connectivity index (χ4v) is 1.87. The normalized spacial score (nSPS) is 11.8. The van der Waals surface area contributed by atoms with Crippen LogP contribution in [-0.4, -0.2) is 41.8 Å². The summed E-state index contributed by atoms with van der Waals surface area (Å²) in [6, 6.07) is 3.37. The second kappa shape index (κ2) is 6.31. The highest BCUT2D eigenvalue weighted by molar-refractivity contribution is 5.94. The van der Waals surface area contributed by atoms with Crippen molar-refractivity contribution < 1.29 is 9.59 Å². The lowest BCUT2D eigenvalue weighted by Gasteiger charge is -2.24. The van der Waals surface area contributed by atoms with Gasteiger partial charge in [-0.1, -0.05) is 0 Å². The predicted octanol–water partition coefficient (Wildman–Crippen LogP) is 1.30. The molecule has 1 aromatic heterocycles. The van der Waals surface area contributed by atoms with Gasteiger partial charge in [-0.25, -0.2) is 0 Å². The fourth-order valence-electron chi connectivity index (χ4n) is 1.87. The van der Waals surface area contributed by atoms with Crippen LogP contribution in [0.3, 0.4) is 0 Å². The Morgan fingerprint density at radius 1 is 1.32 bits per heavy atom. The van der Waals surface area contributed by atoms with Crippen molar-refractivity contribution in [1.82, 2.24) is 15.2 Å². The Morgan fingerprint density at radius 2 is 1.84 bits per heavy atom. The van der Waals surface area contributed by atoms with Gasteiger partial charge in [0.2, 0.25) is 5.91 Å². The standard InChI is InChI=1S/C14H21N3O2/c1-9-6-12(7-10(2)16-9)14(19)17(5)11(3)8-13(18)15-4/h6-7,11H,8H2,1-5H3,(H,15,18)/t11-/m0/s1. The van der Waals surface area contributed by atoms with E-state index < -0.39 is 0 Å². The number of nitrogens with zero attached hydrogens (tertiary/aromatic N) is 2. The molecule has 0 saturated heterocycles. The van der Waals surface area contributed by atoms with Crippen LogP contribution in [0.25, 0.3) is 0 Å². The molecule has 0 aliphatic heterocycles. The van der Waals surface area contributed by atoms with E-state index in [0.29, 0.717) is 12.0 Å². The molecule has 2 amide bonds. The first-order valence-electron chi connectivity index (χ1n) is 6.28. The van der Waals surface area contributed by atoms with E-state index in [2.05, 4.69) is 10.3 Å². The number of rotatable bonds is 4. The summed E-state index contributed by atoms with van der Waals surface area (Å²) in [6.07, 6.45) is 0.293. The summed E-state index contributed by atoms with van der Waals surface area (Å²) in [4.78, 5) is 29.5. The molecule has 0 aromatic carbocycles. The molecule has 0 radical (unpaired) electrons. The molecule has 1 heterocycles. The second-order valence-corrected chi connectivity index (χ2v) is 4.78. The zero-order valence-electron chi connectivity index (χ0n) is 12.2. The molecule has 0 aliphatic rings. The number of amides is 2. The number of carbonyl (C=O) groups is 2. The van der Waals surface area contributed by atoms with Gasteiger partial charge in [0.25, 0.3) is 5.91 Å². The largest absolute Gasteiger partial charge is 0.359 e. The molecule has 0 unspecified atom stereocenters. The molecule has 1 rings (SSSR count). The molecule has 5 nitrogen and oxygen atoms in total. The monoisotopic (exact) mass is 263 g/mol. The number of aromatic nitrogens is 1. The minimum atomic E-state index is -0.152. The van der Waals surface area contributed by atoms with Gasteiger partial charge in [-0.05, 0) is 32.9 Å². The molecule has 5 heteroatoms. The molecular weight excluding hydrogens is 242 g/mol. The van der Waals surface area contributed by atoms with Crippen molar-refractivity contribution in [3.8, 4) is 0 Å². The van der Waals surface area contributed by atoms with E-state index in [-0.39, 0.29) is 17.9 Å². The maximum atomic E-state index is 12.3. The minimum absolute atomic E-state index is 0.0748. The van der Waals surface area contributed by atoms with Gasteiger partial charge in [0.05, 0.1) is 0 Å². The summed E-state index contributed by atoms with van der Waals surface area (Å²) in [5, 5.41) is 2.56. The van der Waals surface area contributed by atoms with Crippen molar-refractivity contribution >= 4 is 11.8 Å². The lowest BCUT2D eigenvalue weighted by molar-refractivity contribution is -0.121. The first-order chi connectivity index (χ1) is 8.85. The molecule has 1 N–H and O–H groups in total. The quantitative estimate of drug-likeness (QED) is 0.890. The van der Waals surface area contributed by atoms with Gasteiger partial charge in [-0.15, -0.1) is 0 Å². The first-order valence-corrected chi connectivity index (χ1v) is 6.28. The van der Waals surface area contributed by atoms with E-state index in [4.69, 9.17) is 0 Å². The minimum Gasteiger partial charge on any atom is -0.359 e. The topological polar surface area (TPSA) is 62.3 Å². The van der Waals surface area contributed by atoms with Crippen LogP contribution in [-0.2, 0) is 4.79 Å². The third kappa shape index (κ3) is 4.05. The highest BCUT2D eigenvalue weighted by Crippen LogP contribution is 2.11. The fraction of sp³-hybridized carbons (Fsp3) is 0.500. The third-order valence-corrected chi connectivity index (χ3v) is 3.07. The highest BCUT2D eigenvalue weighted by atomic mass is 16.2. The summed E-state index contributed by atoms with van der Waals surface area (Å²) in [5.74, 6) is -0.167. The zero-order valence-corrected chi connectivity index (χ0v) is 12.2. The highest BCUT2D eigenvalue weighted by Gasteiger charge is 2.20. The number of aryl methyl sites for hydroxylation is 2. The van der Waals surface area contributed by atoms with Crippen LogP contribution < -0.4 is 5.32 Å². The number of hydrogen-bond donors (Lipinski definition) is 1. The average molecular weight is 263 g/mol. The van der Waals surface area contributed by atoms with Crippen molar-refractivity contribution in [2.24, 2.45) is 0 Å². The number of nitrogens with one attached hydrogen (secondary N) is 1. The summed E-state index contributed by atoms with van der Waals surface area (Å²) < 4.78 is 0. The summed E-state index contributed by atoms with van der Waals surface area (Å²) in [7, 11) is 3.30.